The van der Waals surface area contributed by atoms with E-state index in [1.165, 1.54) is 5.56 Å². The highest BCUT2D eigenvalue weighted by molar-refractivity contribution is 9.10. The van der Waals surface area contributed by atoms with Crippen molar-refractivity contribution in [2.24, 2.45) is 0 Å². The predicted octanol–water partition coefficient (Wildman–Crippen LogP) is 4.82. The quantitative estimate of drug-likeness (QED) is 0.732. The number of nitrogens with one attached hydrogen (secondary N) is 1. The summed E-state index contributed by atoms with van der Waals surface area (Å²) in [5.41, 5.74) is 4.23. The third-order valence-electron chi connectivity index (χ3n) is 3.37. The third-order valence-corrected chi connectivity index (χ3v) is 3.99. The second-order valence-corrected chi connectivity index (χ2v) is 6.17. The van der Waals surface area contributed by atoms with Crippen molar-refractivity contribution in [3.8, 4) is 11.4 Å². The Bertz CT molecular complexity index is 757. The smallest absolute Gasteiger partial charge is 0.161 e. The van der Waals surface area contributed by atoms with E-state index >= 15 is 0 Å². The van der Waals surface area contributed by atoms with Crippen molar-refractivity contribution in [2.75, 3.05) is 0 Å². The van der Waals surface area contributed by atoms with Gasteiger partial charge in [0.25, 0.3) is 0 Å². The van der Waals surface area contributed by atoms with Crippen molar-refractivity contribution in [1.29, 1.82) is 0 Å². The molecule has 1 N–H and O–H groups in total. The second kappa shape index (κ2) is 5.02. The maximum atomic E-state index is 4.77. The van der Waals surface area contributed by atoms with Crippen LogP contribution in [0, 0.1) is 6.92 Å². The van der Waals surface area contributed by atoms with Crippen molar-refractivity contribution in [3.63, 3.8) is 0 Å². The minimum Gasteiger partial charge on any atom is -0.345 e. The summed E-state index contributed by atoms with van der Waals surface area (Å²) >= 11 is 3.57. The normalized spacial score (nSPS) is 11.4. The standard InChI is InChI=1S/C16H16BrN3/c1-9(2)14-13-12(17)8-18-16(13)20-15(19-14)11-6-4-10(3)5-7-11/h4-9H,1-3H3,(H,18,19,20). The molecule has 0 unspecified atom stereocenters. The maximum absolute atomic E-state index is 4.77. The SMILES string of the molecule is Cc1ccc(-c2nc(C(C)C)c3c(Br)c[nH]c3n2)cc1. The highest BCUT2D eigenvalue weighted by atomic mass is 79.9. The third kappa shape index (κ3) is 2.24. The average Bonchev–Trinajstić information content (AvgIpc) is 2.80. The van der Waals surface area contributed by atoms with Gasteiger partial charge in [-0.05, 0) is 28.8 Å². The van der Waals surface area contributed by atoms with E-state index in [2.05, 4.69) is 70.9 Å². The molecule has 1 aromatic carbocycles. The van der Waals surface area contributed by atoms with E-state index in [9.17, 15) is 0 Å². The number of hydrogen-bond acceptors (Lipinski definition) is 2. The molecule has 0 amide bonds. The van der Waals surface area contributed by atoms with Crippen LogP contribution >= 0.6 is 15.9 Å². The fourth-order valence-corrected chi connectivity index (χ4v) is 2.78. The number of rotatable bonds is 2. The minimum absolute atomic E-state index is 0.344. The average molecular weight is 330 g/mol. The molecule has 0 radical (unpaired) electrons. The molecular formula is C16H16BrN3. The van der Waals surface area contributed by atoms with Gasteiger partial charge in [0.2, 0.25) is 0 Å². The Morgan fingerprint density at radius 1 is 1.10 bits per heavy atom. The van der Waals surface area contributed by atoms with Crippen molar-refractivity contribution >= 4 is 27.0 Å². The van der Waals surface area contributed by atoms with Crippen molar-refractivity contribution in [3.05, 3.63) is 46.2 Å². The molecule has 0 saturated heterocycles. The van der Waals surface area contributed by atoms with Crippen LogP contribution in [0.3, 0.4) is 0 Å². The lowest BCUT2D eigenvalue weighted by atomic mass is 10.1. The first-order valence-corrected chi connectivity index (χ1v) is 7.47. The van der Waals surface area contributed by atoms with Gasteiger partial charge in [-0.3, -0.25) is 0 Å². The van der Waals surface area contributed by atoms with E-state index in [4.69, 9.17) is 4.98 Å². The molecule has 0 aliphatic carbocycles. The zero-order valence-electron chi connectivity index (χ0n) is 11.7. The van der Waals surface area contributed by atoms with Gasteiger partial charge in [0.1, 0.15) is 5.65 Å². The number of H-pyrrole nitrogens is 1. The maximum Gasteiger partial charge on any atom is 0.161 e. The molecule has 2 aromatic heterocycles. The van der Waals surface area contributed by atoms with Crippen LogP contribution in [-0.2, 0) is 0 Å². The van der Waals surface area contributed by atoms with Crippen LogP contribution in [0.4, 0.5) is 0 Å². The molecule has 2 heterocycles. The molecular weight excluding hydrogens is 314 g/mol. The van der Waals surface area contributed by atoms with E-state index in [0.29, 0.717) is 5.92 Å². The summed E-state index contributed by atoms with van der Waals surface area (Å²) in [4.78, 5) is 12.6. The first-order chi connectivity index (χ1) is 9.56. The van der Waals surface area contributed by atoms with Crippen LogP contribution in [0.2, 0.25) is 0 Å². The van der Waals surface area contributed by atoms with E-state index in [1.807, 2.05) is 6.20 Å². The number of aryl methyl sites for hydroxylation is 1. The summed E-state index contributed by atoms with van der Waals surface area (Å²) in [7, 11) is 0. The molecule has 3 rings (SSSR count). The van der Waals surface area contributed by atoms with Gasteiger partial charge < -0.3 is 4.98 Å². The van der Waals surface area contributed by atoms with Crippen molar-refractivity contribution < 1.29 is 0 Å². The molecule has 3 nitrogen and oxygen atoms in total. The Kier molecular flexibility index (Phi) is 3.34. The topological polar surface area (TPSA) is 41.6 Å². The van der Waals surface area contributed by atoms with Crippen molar-refractivity contribution in [2.45, 2.75) is 26.7 Å². The van der Waals surface area contributed by atoms with Crippen LogP contribution in [0.15, 0.2) is 34.9 Å². The summed E-state index contributed by atoms with van der Waals surface area (Å²) in [5.74, 6) is 1.12. The molecule has 102 valence electrons. The molecule has 20 heavy (non-hydrogen) atoms. The van der Waals surface area contributed by atoms with Gasteiger partial charge in [-0.25, -0.2) is 9.97 Å². The number of aromatic amines is 1. The Balaban J connectivity index is 2.25. The van der Waals surface area contributed by atoms with Gasteiger partial charge >= 0.3 is 0 Å². The molecule has 4 heteroatoms. The van der Waals surface area contributed by atoms with E-state index in [1.54, 1.807) is 0 Å². The monoisotopic (exact) mass is 329 g/mol. The van der Waals surface area contributed by atoms with Crippen LogP contribution < -0.4 is 0 Å². The molecule has 0 atom stereocenters. The van der Waals surface area contributed by atoms with Crippen LogP contribution in [0.5, 0.6) is 0 Å². The number of fused-ring (bicyclic) bond motifs is 1. The lowest BCUT2D eigenvalue weighted by Gasteiger charge is -2.09. The minimum atomic E-state index is 0.344. The summed E-state index contributed by atoms with van der Waals surface area (Å²) < 4.78 is 1.02. The Labute approximate surface area is 126 Å². The van der Waals surface area contributed by atoms with Crippen LogP contribution in [0.1, 0.15) is 31.0 Å². The number of nitrogens with zero attached hydrogens (tertiary/aromatic N) is 2. The highest BCUT2D eigenvalue weighted by Gasteiger charge is 2.15. The first-order valence-electron chi connectivity index (χ1n) is 6.68. The molecule has 0 bridgehead atoms. The van der Waals surface area contributed by atoms with Crippen LogP contribution in [0.25, 0.3) is 22.4 Å². The Morgan fingerprint density at radius 2 is 1.80 bits per heavy atom. The van der Waals surface area contributed by atoms with E-state index in [0.717, 1.165) is 32.6 Å². The zero-order chi connectivity index (χ0) is 14.3. The molecule has 0 spiro atoms. The fourth-order valence-electron chi connectivity index (χ4n) is 2.27. The lowest BCUT2D eigenvalue weighted by Crippen LogP contribution is -1.99. The van der Waals surface area contributed by atoms with E-state index in [-0.39, 0.29) is 0 Å². The number of benzene rings is 1. The summed E-state index contributed by atoms with van der Waals surface area (Å²) in [5, 5.41) is 1.08. The van der Waals surface area contributed by atoms with Crippen LogP contribution in [-0.4, -0.2) is 15.0 Å². The summed E-state index contributed by atoms with van der Waals surface area (Å²) in [6.07, 6.45) is 1.92. The molecule has 0 fully saturated rings. The van der Waals surface area contributed by atoms with Crippen molar-refractivity contribution in [1.82, 2.24) is 15.0 Å². The Hall–Kier alpha value is -1.68. The van der Waals surface area contributed by atoms with Gasteiger partial charge in [0, 0.05) is 16.2 Å². The van der Waals surface area contributed by atoms with Gasteiger partial charge in [-0.2, -0.15) is 0 Å². The highest BCUT2D eigenvalue weighted by Crippen LogP contribution is 2.31. The zero-order valence-corrected chi connectivity index (χ0v) is 13.3. The number of aromatic nitrogens is 3. The van der Waals surface area contributed by atoms with Gasteiger partial charge in [-0.1, -0.05) is 43.7 Å². The summed E-state index contributed by atoms with van der Waals surface area (Å²) in [6, 6.07) is 8.31. The predicted molar refractivity (Wildman–Crippen MR) is 85.9 cm³/mol. The van der Waals surface area contributed by atoms with Gasteiger partial charge in [0.05, 0.1) is 11.1 Å². The fraction of sp³-hybridized carbons (Fsp3) is 0.250. The van der Waals surface area contributed by atoms with Gasteiger partial charge in [0.15, 0.2) is 5.82 Å². The first kappa shape index (κ1) is 13.3. The number of hydrogen-bond donors (Lipinski definition) is 1. The molecule has 3 aromatic rings. The largest absolute Gasteiger partial charge is 0.345 e. The molecule has 0 saturated carbocycles. The summed E-state index contributed by atoms with van der Waals surface area (Å²) in [6.45, 7) is 6.38. The Morgan fingerprint density at radius 3 is 2.45 bits per heavy atom. The molecule has 0 aliphatic rings. The van der Waals surface area contributed by atoms with E-state index < -0.39 is 0 Å². The lowest BCUT2D eigenvalue weighted by molar-refractivity contribution is 0.830. The number of halogens is 1. The molecule has 0 aliphatic heterocycles. The second-order valence-electron chi connectivity index (χ2n) is 5.31. The van der Waals surface area contributed by atoms with Gasteiger partial charge in [-0.15, -0.1) is 0 Å².